The first kappa shape index (κ1) is 18.2. The second-order valence-electron chi connectivity index (χ2n) is 6.69. The molecule has 0 atom stereocenters. The number of carbonyl (C=O) groups is 1. The largest absolute Gasteiger partial charge is 0.379 e. The molecule has 1 amide bonds. The lowest BCUT2D eigenvalue weighted by molar-refractivity contribution is -0.118. The Labute approximate surface area is 161 Å². The van der Waals surface area contributed by atoms with Crippen molar-refractivity contribution in [3.8, 4) is 0 Å². The van der Waals surface area contributed by atoms with Crippen LogP contribution in [0.1, 0.15) is 29.1 Å². The van der Waals surface area contributed by atoms with Gasteiger partial charge in [-0.05, 0) is 31.2 Å². The van der Waals surface area contributed by atoms with E-state index in [-0.39, 0.29) is 5.91 Å². The molecule has 0 saturated carbocycles. The molecule has 0 unspecified atom stereocenters. The van der Waals surface area contributed by atoms with Crippen molar-refractivity contribution in [1.29, 1.82) is 0 Å². The minimum Gasteiger partial charge on any atom is -0.379 e. The molecule has 3 heterocycles. The van der Waals surface area contributed by atoms with E-state index in [1.807, 2.05) is 11.3 Å². The Bertz CT molecular complexity index is 802. The number of nitrogens with zero attached hydrogens (tertiary/aromatic N) is 3. The second-order valence-corrected chi connectivity index (χ2v) is 8.73. The Kier molecular flexibility index (Phi) is 5.73. The molecule has 0 spiro atoms. The fraction of sp³-hybridized carbons (Fsp3) is 0.611. The third-order valence-corrected chi connectivity index (χ3v) is 7.08. The normalized spacial score (nSPS) is 18.0. The highest BCUT2D eigenvalue weighted by atomic mass is 32.2. The minimum absolute atomic E-state index is 0.0283. The molecule has 1 aliphatic heterocycles. The Morgan fingerprint density at radius 1 is 1.27 bits per heavy atom. The van der Waals surface area contributed by atoms with Crippen LogP contribution >= 0.6 is 23.1 Å². The Morgan fingerprint density at radius 3 is 2.88 bits per heavy atom. The summed E-state index contributed by atoms with van der Waals surface area (Å²) in [5, 5.41) is 4.87. The maximum Gasteiger partial charge on any atom is 0.230 e. The number of rotatable bonds is 5. The number of carbonyl (C=O) groups excluding carboxylic acids is 1. The summed E-state index contributed by atoms with van der Waals surface area (Å²) in [7, 11) is 1.68. The zero-order valence-electron chi connectivity index (χ0n) is 15.0. The summed E-state index contributed by atoms with van der Waals surface area (Å²) in [4.78, 5) is 26.4. The standard InChI is InChI=1S/C18H24N4O2S2/c1-19-15(23)11-25-17-16-12-4-2-3-5-13(12)26-18(16)21-14(20-17)10-22-6-8-24-9-7-22/h2-11H2,1H3,(H,19,23). The molecule has 0 aromatic carbocycles. The van der Waals surface area contributed by atoms with E-state index in [0.29, 0.717) is 5.75 Å². The lowest BCUT2D eigenvalue weighted by atomic mass is 9.97. The molecule has 1 N–H and O–H groups in total. The van der Waals surface area contributed by atoms with E-state index in [4.69, 9.17) is 14.7 Å². The van der Waals surface area contributed by atoms with E-state index in [2.05, 4.69) is 10.2 Å². The predicted molar refractivity (Wildman–Crippen MR) is 105 cm³/mol. The van der Waals surface area contributed by atoms with Crippen molar-refractivity contribution in [1.82, 2.24) is 20.2 Å². The monoisotopic (exact) mass is 392 g/mol. The molecule has 1 fully saturated rings. The first-order chi connectivity index (χ1) is 12.7. The van der Waals surface area contributed by atoms with Gasteiger partial charge in [0.1, 0.15) is 15.7 Å². The number of morpholine rings is 1. The van der Waals surface area contributed by atoms with Crippen molar-refractivity contribution in [2.45, 2.75) is 37.3 Å². The minimum atomic E-state index is 0.0283. The number of aromatic nitrogens is 2. The first-order valence-corrected chi connectivity index (χ1v) is 11.0. The van der Waals surface area contributed by atoms with Gasteiger partial charge >= 0.3 is 0 Å². The molecular weight excluding hydrogens is 368 g/mol. The fourth-order valence-corrected chi connectivity index (χ4v) is 5.80. The van der Waals surface area contributed by atoms with Gasteiger partial charge in [0.2, 0.25) is 5.91 Å². The van der Waals surface area contributed by atoms with E-state index in [9.17, 15) is 4.79 Å². The average molecular weight is 393 g/mol. The van der Waals surface area contributed by atoms with Gasteiger partial charge in [-0.2, -0.15) is 0 Å². The molecule has 1 saturated heterocycles. The van der Waals surface area contributed by atoms with Gasteiger partial charge in [-0.15, -0.1) is 11.3 Å². The molecule has 26 heavy (non-hydrogen) atoms. The van der Waals surface area contributed by atoms with Gasteiger partial charge < -0.3 is 10.1 Å². The number of fused-ring (bicyclic) bond motifs is 3. The Morgan fingerprint density at radius 2 is 2.08 bits per heavy atom. The molecular formula is C18H24N4O2S2. The molecule has 2 aromatic rings. The SMILES string of the molecule is CNC(=O)CSc1nc(CN2CCOCC2)nc2sc3c(c12)CCCC3. The summed E-state index contributed by atoms with van der Waals surface area (Å²) in [6.45, 7) is 4.13. The lowest BCUT2D eigenvalue weighted by Gasteiger charge is -2.25. The predicted octanol–water partition coefficient (Wildman–Crippen LogP) is 2.24. The summed E-state index contributed by atoms with van der Waals surface area (Å²) in [6, 6.07) is 0. The summed E-state index contributed by atoms with van der Waals surface area (Å²) in [6.07, 6.45) is 4.74. The van der Waals surface area contributed by atoms with Crippen LogP contribution in [0.4, 0.5) is 0 Å². The van der Waals surface area contributed by atoms with Crippen molar-refractivity contribution >= 4 is 39.2 Å². The third-order valence-electron chi connectivity index (χ3n) is 4.92. The van der Waals surface area contributed by atoms with Crippen LogP contribution in [0.2, 0.25) is 0 Å². The number of hydrogen-bond acceptors (Lipinski definition) is 7. The smallest absolute Gasteiger partial charge is 0.230 e. The van der Waals surface area contributed by atoms with E-state index in [1.54, 1.807) is 7.05 Å². The van der Waals surface area contributed by atoms with E-state index < -0.39 is 0 Å². The highest BCUT2D eigenvalue weighted by Gasteiger charge is 2.22. The number of ether oxygens (including phenoxy) is 1. The third kappa shape index (κ3) is 3.88. The van der Waals surface area contributed by atoms with Crippen LogP contribution < -0.4 is 5.32 Å². The summed E-state index contributed by atoms with van der Waals surface area (Å²) < 4.78 is 5.43. The van der Waals surface area contributed by atoms with Crippen LogP contribution in [0.15, 0.2) is 5.03 Å². The van der Waals surface area contributed by atoms with Gasteiger partial charge in [-0.25, -0.2) is 9.97 Å². The molecule has 6 nitrogen and oxygen atoms in total. The van der Waals surface area contributed by atoms with Crippen molar-refractivity contribution < 1.29 is 9.53 Å². The molecule has 0 bridgehead atoms. The molecule has 1 aliphatic carbocycles. The van der Waals surface area contributed by atoms with Crippen molar-refractivity contribution in [2.24, 2.45) is 0 Å². The van der Waals surface area contributed by atoms with Crippen LogP contribution in [0.25, 0.3) is 10.2 Å². The molecule has 2 aliphatic rings. The van der Waals surface area contributed by atoms with Crippen molar-refractivity contribution in [3.05, 3.63) is 16.3 Å². The van der Waals surface area contributed by atoms with Crippen molar-refractivity contribution in [2.75, 3.05) is 39.1 Å². The summed E-state index contributed by atoms with van der Waals surface area (Å²) in [5.41, 5.74) is 1.42. The number of amides is 1. The maximum absolute atomic E-state index is 11.8. The Balaban J connectivity index is 1.68. The van der Waals surface area contributed by atoms with Crippen molar-refractivity contribution in [3.63, 3.8) is 0 Å². The van der Waals surface area contributed by atoms with Gasteiger partial charge in [0.05, 0.1) is 25.5 Å². The van der Waals surface area contributed by atoms with Gasteiger partial charge in [0, 0.05) is 30.4 Å². The van der Waals surface area contributed by atoms with Gasteiger partial charge in [0.15, 0.2) is 0 Å². The summed E-state index contributed by atoms with van der Waals surface area (Å²) >= 11 is 3.36. The van der Waals surface area contributed by atoms with E-state index in [0.717, 1.165) is 61.4 Å². The molecule has 4 rings (SSSR count). The number of nitrogens with one attached hydrogen (secondary N) is 1. The Hall–Kier alpha value is -1.22. The van der Waals surface area contributed by atoms with E-state index in [1.165, 1.54) is 40.4 Å². The number of thioether (sulfide) groups is 1. The number of hydrogen-bond donors (Lipinski definition) is 1. The highest BCUT2D eigenvalue weighted by Crippen LogP contribution is 2.39. The van der Waals surface area contributed by atoms with Crippen LogP contribution in [0.3, 0.4) is 0 Å². The maximum atomic E-state index is 11.8. The van der Waals surface area contributed by atoms with Crippen LogP contribution in [-0.2, 0) is 28.9 Å². The number of aryl methyl sites for hydroxylation is 2. The topological polar surface area (TPSA) is 67.4 Å². The quantitative estimate of drug-likeness (QED) is 0.622. The first-order valence-electron chi connectivity index (χ1n) is 9.19. The second kappa shape index (κ2) is 8.21. The molecule has 2 aromatic heterocycles. The van der Waals surface area contributed by atoms with Crippen LogP contribution in [0.5, 0.6) is 0 Å². The zero-order valence-corrected chi connectivity index (χ0v) is 16.7. The fourth-order valence-electron chi connectivity index (χ4n) is 3.51. The van der Waals surface area contributed by atoms with Crippen LogP contribution in [0, 0.1) is 0 Å². The summed E-state index contributed by atoms with van der Waals surface area (Å²) in [5.74, 6) is 1.28. The highest BCUT2D eigenvalue weighted by molar-refractivity contribution is 8.00. The van der Waals surface area contributed by atoms with Gasteiger partial charge in [-0.3, -0.25) is 9.69 Å². The molecule has 0 radical (unpaired) electrons. The van der Waals surface area contributed by atoms with Gasteiger partial charge in [-0.1, -0.05) is 11.8 Å². The number of thiophene rings is 1. The molecule has 140 valence electrons. The average Bonchev–Trinajstić information content (AvgIpc) is 3.05. The lowest BCUT2D eigenvalue weighted by Crippen LogP contribution is -2.36. The van der Waals surface area contributed by atoms with Crippen LogP contribution in [-0.4, -0.2) is 59.9 Å². The van der Waals surface area contributed by atoms with E-state index >= 15 is 0 Å². The zero-order chi connectivity index (χ0) is 17.9. The van der Waals surface area contributed by atoms with Gasteiger partial charge in [0.25, 0.3) is 0 Å². The molecule has 8 heteroatoms.